The maximum Gasteiger partial charge on any atom is 0.244 e. The van der Waals surface area contributed by atoms with Gasteiger partial charge in [-0.3, -0.25) is 9.59 Å². The third kappa shape index (κ3) is 4.83. The van der Waals surface area contributed by atoms with Gasteiger partial charge < -0.3 is 10.6 Å². The van der Waals surface area contributed by atoms with Crippen LogP contribution in [0.5, 0.6) is 0 Å². The lowest BCUT2D eigenvalue weighted by Gasteiger charge is -2.13. The van der Waals surface area contributed by atoms with Crippen molar-refractivity contribution in [2.75, 3.05) is 6.54 Å². The van der Waals surface area contributed by atoms with Gasteiger partial charge in [-0.05, 0) is 30.7 Å². The van der Waals surface area contributed by atoms with Crippen LogP contribution in [0.1, 0.15) is 20.3 Å². The fourth-order valence-electron chi connectivity index (χ4n) is 1.94. The van der Waals surface area contributed by atoms with E-state index in [9.17, 15) is 14.0 Å². The summed E-state index contributed by atoms with van der Waals surface area (Å²) in [5.74, 6) is -0.862. The Bertz CT molecular complexity index is 717. The average Bonchev–Trinajstić information content (AvgIpc) is 3.00. The van der Waals surface area contributed by atoms with E-state index in [1.54, 1.807) is 13.0 Å². The standard InChI is InChI=1S/C15H19FN6O2/c1-3-7-17-15(24)10(2)18-13(23)9-22-20-14(19-21-22)11-5-4-6-12(16)8-11/h4-6,8,10H,3,7,9H2,1-2H3,(H,17,24)(H,18,23). The van der Waals surface area contributed by atoms with Crippen molar-refractivity contribution in [3.63, 3.8) is 0 Å². The van der Waals surface area contributed by atoms with Gasteiger partial charge in [0.15, 0.2) is 0 Å². The molecule has 2 aromatic rings. The van der Waals surface area contributed by atoms with Gasteiger partial charge in [0.1, 0.15) is 18.4 Å². The van der Waals surface area contributed by atoms with Crippen molar-refractivity contribution in [3.05, 3.63) is 30.1 Å². The number of nitrogens with one attached hydrogen (secondary N) is 2. The monoisotopic (exact) mass is 334 g/mol. The van der Waals surface area contributed by atoms with Crippen molar-refractivity contribution < 1.29 is 14.0 Å². The highest BCUT2D eigenvalue weighted by molar-refractivity contribution is 5.87. The van der Waals surface area contributed by atoms with Gasteiger partial charge in [-0.25, -0.2) is 4.39 Å². The number of aromatic nitrogens is 4. The maximum absolute atomic E-state index is 13.2. The molecule has 1 atom stereocenters. The lowest BCUT2D eigenvalue weighted by Crippen LogP contribution is -2.46. The SMILES string of the molecule is CCCNC(=O)C(C)NC(=O)Cn1nnc(-c2cccc(F)c2)n1. The van der Waals surface area contributed by atoms with Crippen LogP contribution in [0.4, 0.5) is 4.39 Å². The van der Waals surface area contributed by atoms with Crippen LogP contribution in [0, 0.1) is 5.82 Å². The molecule has 1 aromatic carbocycles. The number of nitrogens with zero attached hydrogens (tertiary/aromatic N) is 4. The number of benzene rings is 1. The predicted molar refractivity (Wildman–Crippen MR) is 84.1 cm³/mol. The van der Waals surface area contributed by atoms with Gasteiger partial charge in [0, 0.05) is 12.1 Å². The third-order valence-electron chi connectivity index (χ3n) is 3.14. The van der Waals surface area contributed by atoms with E-state index >= 15 is 0 Å². The topological polar surface area (TPSA) is 102 Å². The highest BCUT2D eigenvalue weighted by atomic mass is 19.1. The molecule has 2 rings (SSSR count). The first kappa shape index (κ1) is 17.5. The summed E-state index contributed by atoms with van der Waals surface area (Å²) in [6, 6.07) is 5.11. The smallest absolute Gasteiger partial charge is 0.244 e. The summed E-state index contributed by atoms with van der Waals surface area (Å²) in [7, 11) is 0. The zero-order chi connectivity index (χ0) is 17.5. The van der Waals surface area contributed by atoms with Crippen molar-refractivity contribution in [3.8, 4) is 11.4 Å². The molecule has 2 N–H and O–H groups in total. The Balaban J connectivity index is 1.92. The second kappa shape index (κ2) is 8.14. The summed E-state index contributed by atoms with van der Waals surface area (Å²) in [4.78, 5) is 24.7. The van der Waals surface area contributed by atoms with Gasteiger partial charge in [0.05, 0.1) is 0 Å². The summed E-state index contributed by atoms with van der Waals surface area (Å²) in [5.41, 5.74) is 0.467. The first-order valence-corrected chi connectivity index (χ1v) is 7.60. The molecule has 0 aliphatic heterocycles. The largest absolute Gasteiger partial charge is 0.354 e. The van der Waals surface area contributed by atoms with Crippen LogP contribution in [-0.4, -0.2) is 44.6 Å². The lowest BCUT2D eigenvalue weighted by molar-refractivity contribution is -0.129. The minimum atomic E-state index is -0.657. The molecule has 0 spiro atoms. The number of hydrogen-bond acceptors (Lipinski definition) is 5. The molecule has 1 aromatic heterocycles. The van der Waals surface area contributed by atoms with Crippen molar-refractivity contribution in [1.29, 1.82) is 0 Å². The number of hydrogen-bond donors (Lipinski definition) is 2. The Hall–Kier alpha value is -2.84. The van der Waals surface area contributed by atoms with Crippen LogP contribution < -0.4 is 10.6 Å². The number of amides is 2. The van der Waals surface area contributed by atoms with Crippen LogP contribution >= 0.6 is 0 Å². The van der Waals surface area contributed by atoms with Gasteiger partial charge in [-0.15, -0.1) is 10.2 Å². The second-order valence-electron chi connectivity index (χ2n) is 5.23. The van der Waals surface area contributed by atoms with Gasteiger partial charge in [0.2, 0.25) is 17.6 Å². The molecule has 0 aliphatic rings. The molecule has 0 fully saturated rings. The molecule has 0 radical (unpaired) electrons. The van der Waals surface area contributed by atoms with E-state index in [0.717, 1.165) is 11.2 Å². The number of carbonyl (C=O) groups is 2. The molecule has 128 valence electrons. The highest BCUT2D eigenvalue weighted by Crippen LogP contribution is 2.14. The Morgan fingerprint density at radius 2 is 2.17 bits per heavy atom. The average molecular weight is 334 g/mol. The van der Waals surface area contributed by atoms with E-state index in [2.05, 4.69) is 26.0 Å². The van der Waals surface area contributed by atoms with E-state index in [0.29, 0.717) is 12.1 Å². The van der Waals surface area contributed by atoms with Gasteiger partial charge in [-0.1, -0.05) is 19.1 Å². The molecule has 1 heterocycles. The molecule has 2 amide bonds. The molecular weight excluding hydrogens is 315 g/mol. The van der Waals surface area contributed by atoms with Crippen LogP contribution in [0.2, 0.25) is 0 Å². The molecular formula is C15H19FN6O2. The van der Waals surface area contributed by atoms with Crippen LogP contribution in [-0.2, 0) is 16.1 Å². The molecule has 0 saturated heterocycles. The molecule has 24 heavy (non-hydrogen) atoms. The highest BCUT2D eigenvalue weighted by Gasteiger charge is 2.16. The summed E-state index contributed by atoms with van der Waals surface area (Å²) in [5, 5.41) is 16.8. The molecule has 8 nitrogen and oxygen atoms in total. The summed E-state index contributed by atoms with van der Waals surface area (Å²) in [6.07, 6.45) is 0.818. The van der Waals surface area contributed by atoms with Gasteiger partial charge in [-0.2, -0.15) is 4.80 Å². The van der Waals surface area contributed by atoms with Crippen molar-refractivity contribution >= 4 is 11.8 Å². The molecule has 0 bridgehead atoms. The Morgan fingerprint density at radius 3 is 2.88 bits per heavy atom. The van der Waals surface area contributed by atoms with Gasteiger partial charge in [0.25, 0.3) is 0 Å². The molecule has 1 unspecified atom stereocenters. The number of halogens is 1. The molecule has 9 heteroatoms. The van der Waals surface area contributed by atoms with Crippen molar-refractivity contribution in [1.82, 2.24) is 30.8 Å². The van der Waals surface area contributed by atoms with E-state index in [4.69, 9.17) is 0 Å². The first-order valence-electron chi connectivity index (χ1n) is 7.60. The summed E-state index contributed by atoms with van der Waals surface area (Å²) < 4.78 is 13.2. The Kier molecular flexibility index (Phi) is 5.94. The number of rotatable bonds is 7. The second-order valence-corrected chi connectivity index (χ2v) is 5.23. The normalized spacial score (nSPS) is 11.8. The van der Waals surface area contributed by atoms with Crippen molar-refractivity contribution in [2.24, 2.45) is 0 Å². The van der Waals surface area contributed by atoms with E-state index in [-0.39, 0.29) is 18.3 Å². The number of carbonyl (C=O) groups excluding carboxylic acids is 2. The lowest BCUT2D eigenvalue weighted by atomic mass is 10.2. The quantitative estimate of drug-likeness (QED) is 0.768. The zero-order valence-corrected chi connectivity index (χ0v) is 13.5. The summed E-state index contributed by atoms with van der Waals surface area (Å²) >= 11 is 0. The predicted octanol–water partition coefficient (Wildman–Crippen LogP) is 0.510. The fraction of sp³-hybridized carbons (Fsp3) is 0.400. The van der Waals surface area contributed by atoms with Crippen LogP contribution in [0.3, 0.4) is 0 Å². The maximum atomic E-state index is 13.2. The number of tetrazole rings is 1. The minimum absolute atomic E-state index is 0.187. The third-order valence-corrected chi connectivity index (χ3v) is 3.14. The van der Waals surface area contributed by atoms with E-state index < -0.39 is 17.8 Å². The van der Waals surface area contributed by atoms with E-state index in [1.807, 2.05) is 6.92 Å². The van der Waals surface area contributed by atoms with Crippen LogP contribution in [0.25, 0.3) is 11.4 Å². The molecule has 0 aliphatic carbocycles. The zero-order valence-electron chi connectivity index (χ0n) is 13.5. The summed E-state index contributed by atoms with van der Waals surface area (Å²) in [6.45, 7) is 3.90. The molecule has 0 saturated carbocycles. The van der Waals surface area contributed by atoms with Gasteiger partial charge >= 0.3 is 0 Å². The fourth-order valence-corrected chi connectivity index (χ4v) is 1.94. The Morgan fingerprint density at radius 1 is 1.38 bits per heavy atom. The Labute approximate surface area is 138 Å². The first-order chi connectivity index (χ1) is 11.5. The van der Waals surface area contributed by atoms with Crippen LogP contribution in [0.15, 0.2) is 24.3 Å². The van der Waals surface area contributed by atoms with Crippen molar-refractivity contribution in [2.45, 2.75) is 32.9 Å². The van der Waals surface area contributed by atoms with E-state index in [1.165, 1.54) is 18.2 Å². The minimum Gasteiger partial charge on any atom is -0.354 e.